The number of para-hydroxylation sites is 2. The molecule has 8 nitrogen and oxygen atoms in total. The SMILES string of the molecule is COc1ccccc1N1CCN(CC(=O)N2CCC(Oc3ccc(Br)cn3)C2)C1=O. The standard InChI is InChI=1S/C21H23BrN4O4/c1-29-18-5-3-2-4-17(18)26-11-10-25(21(26)28)14-20(27)24-9-8-16(13-24)30-19-7-6-15(22)12-23-19/h2-7,12,16H,8-11,13-14H2,1H3. The number of carbonyl (C=O) groups excluding carboxylic acids is 2. The summed E-state index contributed by atoms with van der Waals surface area (Å²) in [4.78, 5) is 34.8. The maximum atomic E-state index is 12.8. The topological polar surface area (TPSA) is 75.2 Å². The quantitative estimate of drug-likeness (QED) is 0.643. The van der Waals surface area contributed by atoms with Gasteiger partial charge in [-0.15, -0.1) is 0 Å². The Hall–Kier alpha value is -2.81. The van der Waals surface area contributed by atoms with Crippen molar-refractivity contribution in [1.29, 1.82) is 0 Å². The highest BCUT2D eigenvalue weighted by Gasteiger charge is 2.35. The van der Waals surface area contributed by atoms with E-state index in [0.29, 0.717) is 37.8 Å². The third kappa shape index (κ3) is 4.35. The summed E-state index contributed by atoms with van der Waals surface area (Å²) >= 11 is 3.35. The molecule has 0 bridgehead atoms. The van der Waals surface area contributed by atoms with Crippen molar-refractivity contribution >= 4 is 33.6 Å². The van der Waals surface area contributed by atoms with Crippen LogP contribution in [0.4, 0.5) is 10.5 Å². The van der Waals surface area contributed by atoms with Gasteiger partial charge in [-0.3, -0.25) is 9.69 Å². The van der Waals surface area contributed by atoms with E-state index in [1.54, 1.807) is 34.1 Å². The highest BCUT2D eigenvalue weighted by atomic mass is 79.9. The zero-order valence-corrected chi connectivity index (χ0v) is 18.2. The van der Waals surface area contributed by atoms with E-state index < -0.39 is 0 Å². The molecule has 3 amide bonds. The van der Waals surface area contributed by atoms with E-state index in [1.807, 2.05) is 30.3 Å². The van der Waals surface area contributed by atoms with Crippen LogP contribution in [-0.4, -0.2) is 72.7 Å². The number of hydrogen-bond donors (Lipinski definition) is 0. The minimum atomic E-state index is -0.182. The smallest absolute Gasteiger partial charge is 0.325 e. The molecule has 0 saturated carbocycles. The Morgan fingerprint density at radius 1 is 1.20 bits per heavy atom. The number of urea groups is 1. The average molecular weight is 475 g/mol. The lowest BCUT2D eigenvalue weighted by Gasteiger charge is -2.22. The molecule has 1 aromatic heterocycles. The van der Waals surface area contributed by atoms with Gasteiger partial charge < -0.3 is 19.3 Å². The van der Waals surface area contributed by atoms with Crippen LogP contribution in [-0.2, 0) is 4.79 Å². The first-order valence-corrected chi connectivity index (χ1v) is 10.6. The first-order valence-electron chi connectivity index (χ1n) is 9.80. The van der Waals surface area contributed by atoms with Crippen LogP contribution in [0.5, 0.6) is 11.6 Å². The highest BCUT2D eigenvalue weighted by molar-refractivity contribution is 9.10. The molecule has 2 aliphatic heterocycles. The van der Waals surface area contributed by atoms with E-state index in [-0.39, 0.29) is 24.6 Å². The Labute approximate surface area is 183 Å². The second-order valence-corrected chi connectivity index (χ2v) is 8.13. The zero-order chi connectivity index (χ0) is 21.1. The molecule has 2 fully saturated rings. The molecule has 2 aliphatic rings. The van der Waals surface area contributed by atoms with E-state index >= 15 is 0 Å². The summed E-state index contributed by atoms with van der Waals surface area (Å²) in [5, 5.41) is 0. The predicted molar refractivity (Wildman–Crippen MR) is 115 cm³/mol. The number of hydrogen-bond acceptors (Lipinski definition) is 5. The van der Waals surface area contributed by atoms with Crippen molar-refractivity contribution < 1.29 is 19.1 Å². The molecule has 9 heteroatoms. The number of nitrogens with zero attached hydrogens (tertiary/aromatic N) is 4. The van der Waals surface area contributed by atoms with Crippen molar-refractivity contribution in [2.75, 3.05) is 44.7 Å². The van der Waals surface area contributed by atoms with Gasteiger partial charge in [0.25, 0.3) is 0 Å². The Morgan fingerprint density at radius 2 is 2.03 bits per heavy atom. The maximum absolute atomic E-state index is 12.8. The summed E-state index contributed by atoms with van der Waals surface area (Å²) in [5.41, 5.74) is 0.719. The molecule has 30 heavy (non-hydrogen) atoms. The van der Waals surface area contributed by atoms with Gasteiger partial charge in [0, 0.05) is 42.8 Å². The average Bonchev–Trinajstić information content (AvgIpc) is 3.37. The van der Waals surface area contributed by atoms with E-state index in [2.05, 4.69) is 20.9 Å². The van der Waals surface area contributed by atoms with Crippen molar-refractivity contribution in [2.24, 2.45) is 0 Å². The Bertz CT molecular complexity index is 923. The van der Waals surface area contributed by atoms with Crippen LogP contribution in [0.25, 0.3) is 0 Å². The molecule has 1 unspecified atom stereocenters. The van der Waals surface area contributed by atoms with Gasteiger partial charge in [0.05, 0.1) is 19.3 Å². The number of anilines is 1. The zero-order valence-electron chi connectivity index (χ0n) is 16.7. The van der Waals surface area contributed by atoms with Crippen molar-refractivity contribution in [3.8, 4) is 11.6 Å². The van der Waals surface area contributed by atoms with Gasteiger partial charge in [-0.05, 0) is 34.1 Å². The minimum Gasteiger partial charge on any atom is -0.495 e. The molecule has 0 radical (unpaired) electrons. The number of methoxy groups -OCH3 is 1. The molecule has 158 valence electrons. The molecule has 0 aliphatic carbocycles. The van der Waals surface area contributed by atoms with Crippen LogP contribution in [0.1, 0.15) is 6.42 Å². The van der Waals surface area contributed by atoms with Gasteiger partial charge >= 0.3 is 6.03 Å². The molecule has 3 heterocycles. The van der Waals surface area contributed by atoms with Crippen molar-refractivity contribution in [1.82, 2.24) is 14.8 Å². The number of pyridine rings is 1. The Kier molecular flexibility index (Phi) is 6.08. The molecule has 0 N–H and O–H groups in total. The van der Waals surface area contributed by atoms with Crippen LogP contribution < -0.4 is 14.4 Å². The maximum Gasteiger partial charge on any atom is 0.325 e. The summed E-state index contributed by atoms with van der Waals surface area (Å²) in [6.07, 6.45) is 2.33. The second kappa shape index (κ2) is 8.91. The Balaban J connectivity index is 1.32. The molecular formula is C21H23BrN4O4. The van der Waals surface area contributed by atoms with E-state index in [9.17, 15) is 9.59 Å². The van der Waals surface area contributed by atoms with Crippen LogP contribution in [0.15, 0.2) is 47.1 Å². The van der Waals surface area contributed by atoms with Crippen molar-refractivity contribution in [3.63, 3.8) is 0 Å². The van der Waals surface area contributed by atoms with Crippen molar-refractivity contribution in [3.05, 3.63) is 47.1 Å². The number of carbonyl (C=O) groups is 2. The number of aromatic nitrogens is 1. The van der Waals surface area contributed by atoms with Crippen LogP contribution in [0.2, 0.25) is 0 Å². The molecule has 2 saturated heterocycles. The summed E-state index contributed by atoms with van der Waals surface area (Å²) in [7, 11) is 1.58. The third-order valence-corrected chi connectivity index (χ3v) is 5.75. The first-order chi connectivity index (χ1) is 14.5. The molecule has 0 spiro atoms. The number of benzene rings is 1. The number of amides is 3. The summed E-state index contributed by atoms with van der Waals surface area (Å²) in [6.45, 7) is 2.19. The molecular weight excluding hydrogens is 452 g/mol. The molecule has 4 rings (SSSR count). The summed E-state index contributed by atoms with van der Waals surface area (Å²) in [6, 6.07) is 10.9. The highest BCUT2D eigenvalue weighted by Crippen LogP contribution is 2.30. The normalized spacial score (nSPS) is 18.8. The predicted octanol–water partition coefficient (Wildman–Crippen LogP) is 2.77. The van der Waals surface area contributed by atoms with E-state index in [1.165, 1.54) is 0 Å². The lowest BCUT2D eigenvalue weighted by molar-refractivity contribution is -0.130. The fraction of sp³-hybridized carbons (Fsp3) is 0.381. The van der Waals surface area contributed by atoms with Crippen LogP contribution >= 0.6 is 15.9 Å². The lowest BCUT2D eigenvalue weighted by atomic mass is 10.2. The fourth-order valence-corrected chi connectivity index (χ4v) is 3.96. The minimum absolute atomic E-state index is 0.0632. The van der Waals surface area contributed by atoms with Gasteiger partial charge in [0.15, 0.2) is 0 Å². The van der Waals surface area contributed by atoms with Gasteiger partial charge in [0.2, 0.25) is 11.8 Å². The molecule has 2 aromatic rings. The summed E-state index contributed by atoms with van der Waals surface area (Å²) in [5.74, 6) is 1.11. The first kappa shape index (κ1) is 20.5. The van der Waals surface area contributed by atoms with Gasteiger partial charge in [-0.25, -0.2) is 9.78 Å². The molecule has 1 aromatic carbocycles. The van der Waals surface area contributed by atoms with Crippen molar-refractivity contribution in [2.45, 2.75) is 12.5 Å². The summed E-state index contributed by atoms with van der Waals surface area (Å²) < 4.78 is 12.1. The largest absolute Gasteiger partial charge is 0.495 e. The third-order valence-electron chi connectivity index (χ3n) is 5.28. The van der Waals surface area contributed by atoms with Gasteiger partial charge in [-0.2, -0.15) is 0 Å². The van der Waals surface area contributed by atoms with Gasteiger partial charge in [-0.1, -0.05) is 12.1 Å². The molecule has 1 atom stereocenters. The van der Waals surface area contributed by atoms with Crippen LogP contribution in [0, 0.1) is 0 Å². The monoisotopic (exact) mass is 474 g/mol. The number of rotatable bonds is 6. The van der Waals surface area contributed by atoms with Gasteiger partial charge in [0.1, 0.15) is 18.4 Å². The number of ether oxygens (including phenoxy) is 2. The number of likely N-dealkylation sites (tertiary alicyclic amines) is 1. The van der Waals surface area contributed by atoms with E-state index in [4.69, 9.17) is 9.47 Å². The van der Waals surface area contributed by atoms with E-state index in [0.717, 1.165) is 16.6 Å². The fourth-order valence-electron chi connectivity index (χ4n) is 3.72. The van der Waals surface area contributed by atoms with Crippen LogP contribution in [0.3, 0.4) is 0 Å². The lowest BCUT2D eigenvalue weighted by Crippen LogP contribution is -2.42. The number of halogens is 1. The Morgan fingerprint density at radius 3 is 2.80 bits per heavy atom. The second-order valence-electron chi connectivity index (χ2n) is 7.21.